The lowest BCUT2D eigenvalue weighted by atomic mass is 9.79. The van der Waals surface area contributed by atoms with Crippen LogP contribution in [-0.2, 0) is 6.42 Å². The van der Waals surface area contributed by atoms with Crippen LogP contribution in [0, 0.1) is 19.8 Å². The summed E-state index contributed by atoms with van der Waals surface area (Å²) in [5.74, 6) is -1.80. The first-order valence-electron chi connectivity index (χ1n) is 9.43. The molecule has 0 spiro atoms. The number of nitrogens with one attached hydrogen (secondary N) is 1. The number of rotatable bonds is 4. The maximum absolute atomic E-state index is 13.6. The second-order valence-corrected chi connectivity index (χ2v) is 7.69. The Labute approximate surface area is 161 Å². The number of aromatic amines is 1. The predicted octanol–water partition coefficient (Wildman–Crippen LogP) is 2.88. The van der Waals surface area contributed by atoms with Gasteiger partial charge in [0.05, 0.1) is 16.7 Å². The number of alkyl halides is 2. The van der Waals surface area contributed by atoms with Crippen molar-refractivity contribution >= 4 is 23.6 Å². The summed E-state index contributed by atoms with van der Waals surface area (Å²) in [5, 5.41) is 23.2. The fourth-order valence-corrected chi connectivity index (χ4v) is 4.23. The molecule has 6 nitrogen and oxygen atoms in total. The van der Waals surface area contributed by atoms with Crippen LogP contribution in [0.1, 0.15) is 42.7 Å². The van der Waals surface area contributed by atoms with Crippen molar-refractivity contribution in [3.63, 3.8) is 0 Å². The number of hydrogen-bond acceptors (Lipinski definition) is 5. The molecule has 0 amide bonds. The molecule has 3 aromatic rings. The molecule has 0 atom stereocenters. The Morgan fingerprint density at radius 1 is 1.29 bits per heavy atom. The van der Waals surface area contributed by atoms with Crippen molar-refractivity contribution in [2.24, 2.45) is 5.92 Å². The lowest BCUT2D eigenvalue weighted by Gasteiger charge is -2.28. The van der Waals surface area contributed by atoms with Gasteiger partial charge in [-0.3, -0.25) is 4.98 Å². The maximum Gasteiger partial charge on any atom is 0.492 e. The van der Waals surface area contributed by atoms with Gasteiger partial charge in [0.25, 0.3) is 0 Å². The molecule has 1 aliphatic carbocycles. The summed E-state index contributed by atoms with van der Waals surface area (Å²) in [4.78, 5) is 7.54. The van der Waals surface area contributed by atoms with E-state index in [1.54, 1.807) is 6.20 Å². The Bertz CT molecular complexity index is 986. The molecule has 1 aliphatic rings. The molecule has 0 bridgehead atoms. The molecule has 3 heterocycles. The van der Waals surface area contributed by atoms with E-state index in [1.165, 1.54) is 6.20 Å². The van der Waals surface area contributed by atoms with Crippen molar-refractivity contribution in [3.8, 4) is 11.1 Å². The molecule has 3 aromatic heterocycles. The zero-order valence-electron chi connectivity index (χ0n) is 15.8. The lowest BCUT2D eigenvalue weighted by molar-refractivity contribution is -0.0456. The first-order chi connectivity index (χ1) is 13.3. The van der Waals surface area contributed by atoms with Crippen LogP contribution in [-0.4, -0.2) is 38.2 Å². The van der Waals surface area contributed by atoms with Crippen LogP contribution in [0.5, 0.6) is 0 Å². The van der Waals surface area contributed by atoms with Crippen molar-refractivity contribution in [3.05, 3.63) is 29.4 Å². The van der Waals surface area contributed by atoms with Crippen molar-refractivity contribution in [2.45, 2.75) is 51.9 Å². The van der Waals surface area contributed by atoms with E-state index in [9.17, 15) is 18.8 Å². The Kier molecular flexibility index (Phi) is 4.75. The van der Waals surface area contributed by atoms with Gasteiger partial charge in [0, 0.05) is 41.8 Å². The van der Waals surface area contributed by atoms with Crippen molar-refractivity contribution < 1.29 is 23.4 Å². The topological polar surface area (TPSA) is 95.2 Å². The number of nitrogens with zero attached hydrogens (tertiary/aromatic N) is 2. The molecule has 0 unspecified atom stereocenters. The molecular formula is C19H22BF2N3O3. The zero-order valence-corrected chi connectivity index (χ0v) is 15.8. The standard InChI is InChI=1S/C19H22BF2N3O3/c1-10-16(11(2)28-25-10)14-8-23-18-15(20(26)27)9-24-17(18)13(14)7-12-3-5-19(21,22)6-4-12/h8-9,12,24,26-27H,3-7H2,1-2H3. The van der Waals surface area contributed by atoms with E-state index in [4.69, 9.17) is 4.52 Å². The minimum atomic E-state index is -2.57. The molecule has 9 heteroatoms. The van der Waals surface area contributed by atoms with Crippen LogP contribution >= 0.6 is 0 Å². The second kappa shape index (κ2) is 6.97. The van der Waals surface area contributed by atoms with Crippen LogP contribution in [0.15, 0.2) is 16.9 Å². The first-order valence-corrected chi connectivity index (χ1v) is 9.43. The molecular weight excluding hydrogens is 367 g/mol. The minimum Gasteiger partial charge on any atom is -0.423 e. The summed E-state index contributed by atoms with van der Waals surface area (Å²) >= 11 is 0. The predicted molar refractivity (Wildman–Crippen MR) is 101 cm³/mol. The number of H-pyrrole nitrogens is 1. The summed E-state index contributed by atoms with van der Waals surface area (Å²) < 4.78 is 32.5. The molecule has 3 N–H and O–H groups in total. The molecule has 28 heavy (non-hydrogen) atoms. The average molecular weight is 389 g/mol. The first kappa shape index (κ1) is 19.1. The largest absolute Gasteiger partial charge is 0.492 e. The monoisotopic (exact) mass is 389 g/mol. The Morgan fingerprint density at radius 3 is 2.61 bits per heavy atom. The van der Waals surface area contributed by atoms with Crippen LogP contribution in [0.2, 0.25) is 0 Å². The van der Waals surface area contributed by atoms with Crippen LogP contribution in [0.4, 0.5) is 8.78 Å². The highest BCUT2D eigenvalue weighted by atomic mass is 19.3. The molecule has 148 valence electrons. The van der Waals surface area contributed by atoms with Gasteiger partial charge < -0.3 is 19.6 Å². The van der Waals surface area contributed by atoms with Gasteiger partial charge in [-0.1, -0.05) is 5.16 Å². The molecule has 0 radical (unpaired) electrons. The van der Waals surface area contributed by atoms with Crippen molar-refractivity contribution in [2.75, 3.05) is 0 Å². The van der Waals surface area contributed by atoms with E-state index >= 15 is 0 Å². The summed E-state index contributed by atoms with van der Waals surface area (Å²) in [7, 11) is -1.65. The Morgan fingerprint density at radius 2 is 2.00 bits per heavy atom. The second-order valence-electron chi connectivity index (χ2n) is 7.69. The van der Waals surface area contributed by atoms with Crippen LogP contribution in [0.3, 0.4) is 0 Å². The molecule has 1 fully saturated rings. The smallest absolute Gasteiger partial charge is 0.423 e. The number of pyridine rings is 1. The Balaban J connectivity index is 1.82. The number of fused-ring (bicyclic) bond motifs is 1. The molecule has 0 aromatic carbocycles. The van der Waals surface area contributed by atoms with E-state index in [0.717, 1.165) is 22.4 Å². The van der Waals surface area contributed by atoms with Gasteiger partial charge in [-0.05, 0) is 44.6 Å². The third kappa shape index (κ3) is 3.33. The SMILES string of the molecule is Cc1noc(C)c1-c1cnc2c(B(O)O)c[nH]c2c1CC1CCC(F)(F)CC1. The van der Waals surface area contributed by atoms with E-state index in [1.807, 2.05) is 13.8 Å². The van der Waals surface area contributed by atoms with Crippen LogP contribution in [0.25, 0.3) is 22.2 Å². The number of aromatic nitrogens is 3. The highest BCUT2D eigenvalue weighted by molar-refractivity contribution is 6.61. The van der Waals surface area contributed by atoms with Gasteiger partial charge in [-0.25, -0.2) is 8.78 Å². The number of aryl methyl sites for hydroxylation is 2. The van der Waals surface area contributed by atoms with Gasteiger partial charge in [0.15, 0.2) is 0 Å². The van der Waals surface area contributed by atoms with Gasteiger partial charge in [-0.2, -0.15) is 0 Å². The molecule has 0 aliphatic heterocycles. The Hall–Kier alpha value is -2.26. The summed E-state index contributed by atoms with van der Waals surface area (Å²) in [6.07, 6.45) is 4.51. The van der Waals surface area contributed by atoms with E-state index in [-0.39, 0.29) is 24.2 Å². The third-order valence-electron chi connectivity index (χ3n) is 5.74. The van der Waals surface area contributed by atoms with Crippen LogP contribution < -0.4 is 5.46 Å². The summed E-state index contributed by atoms with van der Waals surface area (Å²) in [6.45, 7) is 3.67. The van der Waals surface area contributed by atoms with Gasteiger partial charge in [-0.15, -0.1) is 0 Å². The molecule has 1 saturated carbocycles. The highest BCUT2D eigenvalue weighted by Gasteiger charge is 2.35. The van der Waals surface area contributed by atoms with E-state index in [2.05, 4.69) is 15.1 Å². The fraction of sp³-hybridized carbons (Fsp3) is 0.474. The number of halogens is 2. The fourth-order valence-electron chi connectivity index (χ4n) is 4.23. The van der Waals surface area contributed by atoms with Gasteiger partial charge >= 0.3 is 7.12 Å². The maximum atomic E-state index is 13.6. The third-order valence-corrected chi connectivity index (χ3v) is 5.74. The minimum absolute atomic E-state index is 0.0993. The molecule has 4 rings (SSSR count). The normalized spacial score (nSPS) is 17.4. The van der Waals surface area contributed by atoms with E-state index in [0.29, 0.717) is 36.1 Å². The van der Waals surface area contributed by atoms with Gasteiger partial charge in [0.2, 0.25) is 5.92 Å². The lowest BCUT2D eigenvalue weighted by Crippen LogP contribution is -2.29. The van der Waals surface area contributed by atoms with Crippen molar-refractivity contribution in [1.82, 2.24) is 15.1 Å². The van der Waals surface area contributed by atoms with E-state index < -0.39 is 13.0 Å². The number of hydrogen-bond donors (Lipinski definition) is 3. The summed E-state index contributed by atoms with van der Waals surface area (Å²) in [6, 6.07) is 0. The average Bonchev–Trinajstić information content (AvgIpc) is 3.21. The van der Waals surface area contributed by atoms with Crippen molar-refractivity contribution in [1.29, 1.82) is 0 Å². The zero-order chi connectivity index (χ0) is 20.1. The highest BCUT2D eigenvalue weighted by Crippen LogP contribution is 2.40. The van der Waals surface area contributed by atoms with Gasteiger partial charge in [0.1, 0.15) is 5.76 Å². The molecule has 0 saturated heterocycles. The summed E-state index contributed by atoms with van der Waals surface area (Å²) in [5.41, 5.74) is 4.77. The quantitative estimate of drug-likeness (QED) is 0.597.